The quantitative estimate of drug-likeness (QED) is 0.750. The maximum Gasteiger partial charge on any atom is 0.115 e. The van der Waals surface area contributed by atoms with Crippen LogP contribution in [0.15, 0.2) is 48.8 Å². The van der Waals surface area contributed by atoms with Crippen molar-refractivity contribution in [3.8, 4) is 0 Å². The third kappa shape index (κ3) is 1.92. The normalized spacial score (nSPS) is 12.8. The second-order valence-corrected chi connectivity index (χ2v) is 4.85. The predicted molar refractivity (Wildman–Crippen MR) is 69.9 cm³/mol. The summed E-state index contributed by atoms with van der Waals surface area (Å²) in [5, 5.41) is 0.930. The molecule has 0 saturated carbocycles. The molecule has 0 radical (unpaired) electrons. The average Bonchev–Trinajstić information content (AvgIpc) is 2.82. The zero-order valence-corrected chi connectivity index (χ0v) is 9.89. The van der Waals surface area contributed by atoms with Gasteiger partial charge < -0.3 is 5.73 Å². The molecule has 17 heavy (non-hydrogen) atoms. The molecule has 0 bridgehead atoms. The number of hydrogen-bond donors (Lipinski definition) is 1. The van der Waals surface area contributed by atoms with Crippen LogP contribution in [0.3, 0.4) is 0 Å². The maximum absolute atomic E-state index is 6.21. The lowest BCUT2D eigenvalue weighted by Gasteiger charge is -2.07. The summed E-state index contributed by atoms with van der Waals surface area (Å²) in [5.41, 5.74) is 8.21. The van der Waals surface area contributed by atoms with Crippen LogP contribution in [0.4, 0.5) is 0 Å². The van der Waals surface area contributed by atoms with Gasteiger partial charge in [-0.1, -0.05) is 30.3 Å². The molecule has 0 aliphatic rings. The second-order valence-electron chi connectivity index (χ2n) is 3.78. The predicted octanol–water partition coefficient (Wildman–Crippen LogP) is 2.74. The number of thiazole rings is 1. The van der Waals surface area contributed by atoms with E-state index in [0.717, 1.165) is 20.8 Å². The van der Waals surface area contributed by atoms with Crippen molar-refractivity contribution in [2.75, 3.05) is 0 Å². The van der Waals surface area contributed by atoms with Crippen molar-refractivity contribution in [1.82, 2.24) is 9.97 Å². The third-order valence-electron chi connectivity index (χ3n) is 2.63. The summed E-state index contributed by atoms with van der Waals surface area (Å²) in [4.78, 5) is 8.58. The first-order chi connectivity index (χ1) is 8.34. The molecular formula is C13H11N3S. The molecule has 1 unspecified atom stereocenters. The summed E-state index contributed by atoms with van der Waals surface area (Å²) in [5.74, 6) is 0. The Morgan fingerprint density at radius 3 is 2.71 bits per heavy atom. The Kier molecular flexibility index (Phi) is 2.59. The Bertz CT molecular complexity index is 600. The summed E-state index contributed by atoms with van der Waals surface area (Å²) in [6.45, 7) is 0. The summed E-state index contributed by atoms with van der Waals surface area (Å²) in [7, 11) is 0. The molecule has 1 atom stereocenters. The Hall–Kier alpha value is -1.78. The van der Waals surface area contributed by atoms with E-state index < -0.39 is 0 Å². The number of rotatable bonds is 2. The number of nitrogens with two attached hydrogens (primary N) is 1. The lowest BCUT2D eigenvalue weighted by atomic mass is 10.1. The standard InChI is InChI=1S/C13H11N3S/c14-12(9-4-2-1-3-5-9)13-16-10-8-15-7-6-11(10)17-13/h1-8,12H,14H2. The van der Waals surface area contributed by atoms with E-state index in [2.05, 4.69) is 9.97 Å². The van der Waals surface area contributed by atoms with Crippen LogP contribution in [0.1, 0.15) is 16.6 Å². The van der Waals surface area contributed by atoms with Crippen molar-refractivity contribution in [3.05, 3.63) is 59.4 Å². The number of pyridine rings is 1. The summed E-state index contributed by atoms with van der Waals surface area (Å²) in [6.07, 6.45) is 3.55. The molecule has 2 aromatic heterocycles. The van der Waals surface area contributed by atoms with Crippen LogP contribution >= 0.6 is 11.3 Å². The Morgan fingerprint density at radius 1 is 1.12 bits per heavy atom. The van der Waals surface area contributed by atoms with Crippen LogP contribution in [0.2, 0.25) is 0 Å². The highest BCUT2D eigenvalue weighted by Gasteiger charge is 2.13. The number of benzene rings is 1. The highest BCUT2D eigenvalue weighted by molar-refractivity contribution is 7.18. The molecule has 4 heteroatoms. The minimum atomic E-state index is -0.159. The molecule has 0 aliphatic carbocycles. The van der Waals surface area contributed by atoms with Gasteiger partial charge in [0.05, 0.1) is 22.5 Å². The minimum absolute atomic E-state index is 0.159. The topological polar surface area (TPSA) is 51.8 Å². The van der Waals surface area contributed by atoms with Gasteiger partial charge in [0, 0.05) is 6.20 Å². The molecule has 84 valence electrons. The van der Waals surface area contributed by atoms with Gasteiger partial charge in [0.2, 0.25) is 0 Å². The molecule has 2 heterocycles. The fraction of sp³-hybridized carbons (Fsp3) is 0.0769. The van der Waals surface area contributed by atoms with E-state index in [1.807, 2.05) is 36.4 Å². The zero-order chi connectivity index (χ0) is 11.7. The monoisotopic (exact) mass is 241 g/mol. The van der Waals surface area contributed by atoms with Gasteiger partial charge in [-0.2, -0.15) is 0 Å². The Labute approximate surface area is 103 Å². The highest BCUT2D eigenvalue weighted by atomic mass is 32.1. The maximum atomic E-state index is 6.21. The van der Waals surface area contributed by atoms with Gasteiger partial charge in [0.25, 0.3) is 0 Å². The molecule has 1 aromatic carbocycles. The number of hydrogen-bond acceptors (Lipinski definition) is 4. The van der Waals surface area contributed by atoms with E-state index >= 15 is 0 Å². The van der Waals surface area contributed by atoms with Gasteiger partial charge >= 0.3 is 0 Å². The van der Waals surface area contributed by atoms with Gasteiger partial charge in [-0.15, -0.1) is 11.3 Å². The summed E-state index contributed by atoms with van der Waals surface area (Å²) >= 11 is 1.62. The highest BCUT2D eigenvalue weighted by Crippen LogP contribution is 2.27. The first-order valence-electron chi connectivity index (χ1n) is 5.35. The van der Waals surface area contributed by atoms with Crippen LogP contribution in [0.25, 0.3) is 10.2 Å². The lowest BCUT2D eigenvalue weighted by Crippen LogP contribution is -2.10. The number of nitrogens with zero attached hydrogens (tertiary/aromatic N) is 2. The van der Waals surface area contributed by atoms with E-state index in [-0.39, 0.29) is 6.04 Å². The van der Waals surface area contributed by atoms with E-state index in [1.54, 1.807) is 23.7 Å². The molecule has 0 aliphatic heterocycles. The second kappa shape index (κ2) is 4.24. The smallest absolute Gasteiger partial charge is 0.115 e. The molecule has 0 saturated heterocycles. The average molecular weight is 241 g/mol. The van der Waals surface area contributed by atoms with Gasteiger partial charge in [-0.3, -0.25) is 4.98 Å². The first-order valence-corrected chi connectivity index (χ1v) is 6.17. The van der Waals surface area contributed by atoms with E-state index in [4.69, 9.17) is 5.73 Å². The van der Waals surface area contributed by atoms with Crippen molar-refractivity contribution in [2.45, 2.75) is 6.04 Å². The Balaban J connectivity index is 2.04. The van der Waals surface area contributed by atoms with Gasteiger partial charge in [0.15, 0.2) is 0 Å². The summed E-state index contributed by atoms with van der Waals surface area (Å²) < 4.78 is 1.13. The van der Waals surface area contributed by atoms with Crippen LogP contribution in [0.5, 0.6) is 0 Å². The SMILES string of the molecule is NC(c1ccccc1)c1nc2cnccc2s1. The fourth-order valence-corrected chi connectivity index (χ4v) is 2.70. The van der Waals surface area contributed by atoms with Gasteiger partial charge in [-0.25, -0.2) is 4.98 Å². The molecule has 3 rings (SSSR count). The molecule has 3 nitrogen and oxygen atoms in total. The van der Waals surface area contributed by atoms with Crippen LogP contribution in [-0.2, 0) is 0 Å². The van der Waals surface area contributed by atoms with Gasteiger partial charge in [-0.05, 0) is 11.6 Å². The third-order valence-corrected chi connectivity index (χ3v) is 3.75. The largest absolute Gasteiger partial charge is 0.318 e. The van der Waals surface area contributed by atoms with E-state index in [9.17, 15) is 0 Å². The molecule has 0 spiro atoms. The summed E-state index contributed by atoms with van der Waals surface area (Å²) in [6, 6.07) is 11.8. The minimum Gasteiger partial charge on any atom is -0.318 e. The van der Waals surface area contributed by atoms with Crippen molar-refractivity contribution < 1.29 is 0 Å². The van der Waals surface area contributed by atoms with Crippen molar-refractivity contribution >= 4 is 21.6 Å². The van der Waals surface area contributed by atoms with Crippen molar-refractivity contribution in [3.63, 3.8) is 0 Å². The van der Waals surface area contributed by atoms with E-state index in [1.165, 1.54) is 0 Å². The number of fused-ring (bicyclic) bond motifs is 1. The fourth-order valence-electron chi connectivity index (χ4n) is 1.73. The first kappa shape index (κ1) is 10.4. The van der Waals surface area contributed by atoms with Gasteiger partial charge in [0.1, 0.15) is 5.01 Å². The Morgan fingerprint density at radius 2 is 1.94 bits per heavy atom. The zero-order valence-electron chi connectivity index (χ0n) is 9.08. The molecular weight excluding hydrogens is 230 g/mol. The van der Waals surface area contributed by atoms with E-state index in [0.29, 0.717) is 0 Å². The van der Waals surface area contributed by atoms with Crippen molar-refractivity contribution in [2.24, 2.45) is 5.73 Å². The van der Waals surface area contributed by atoms with Crippen molar-refractivity contribution in [1.29, 1.82) is 0 Å². The molecule has 0 fully saturated rings. The molecule has 3 aromatic rings. The van der Waals surface area contributed by atoms with Crippen LogP contribution in [0, 0.1) is 0 Å². The molecule has 0 amide bonds. The number of aromatic nitrogens is 2. The lowest BCUT2D eigenvalue weighted by molar-refractivity contribution is 0.861. The van der Waals surface area contributed by atoms with Crippen LogP contribution < -0.4 is 5.73 Å². The van der Waals surface area contributed by atoms with Crippen LogP contribution in [-0.4, -0.2) is 9.97 Å². The molecule has 2 N–H and O–H groups in total.